The maximum absolute atomic E-state index is 12.9. The van der Waals surface area contributed by atoms with Crippen LogP contribution < -0.4 is 15.0 Å². The number of benzene rings is 2. The van der Waals surface area contributed by atoms with Crippen molar-refractivity contribution in [2.75, 3.05) is 37.4 Å². The highest BCUT2D eigenvalue weighted by Gasteiger charge is 2.23. The van der Waals surface area contributed by atoms with E-state index in [9.17, 15) is 22.0 Å². The number of carbonyl (C=O) groups is 1. The summed E-state index contributed by atoms with van der Waals surface area (Å²) in [4.78, 5) is 14.3. The van der Waals surface area contributed by atoms with Crippen LogP contribution in [0, 0.1) is 0 Å². The number of hydrogen-bond donors (Lipinski definition) is 1. The zero-order valence-electron chi connectivity index (χ0n) is 18.4. The van der Waals surface area contributed by atoms with Crippen LogP contribution in [0.2, 0.25) is 0 Å². The predicted octanol–water partition coefficient (Wildman–Crippen LogP) is 4.04. The molecule has 0 saturated carbocycles. The number of sulfonamides is 1. The zero-order valence-corrected chi connectivity index (χ0v) is 19.2. The van der Waals surface area contributed by atoms with Crippen molar-refractivity contribution in [3.8, 4) is 5.75 Å². The first-order chi connectivity index (χ1) is 15.1. The fourth-order valence-electron chi connectivity index (χ4n) is 3.04. The van der Waals surface area contributed by atoms with Crippen molar-refractivity contribution in [1.82, 2.24) is 4.31 Å². The number of nitrogens with one attached hydrogen (secondary N) is 1. The van der Waals surface area contributed by atoms with Crippen LogP contribution in [-0.4, -0.2) is 52.4 Å². The highest BCUT2D eigenvalue weighted by atomic mass is 32.2. The smallest absolute Gasteiger partial charge is 0.387 e. The normalized spacial score (nSPS) is 11.9. The molecule has 2 rings (SSSR count). The molecular formula is C22H27F2N3O4S. The number of alkyl halides is 2. The second-order valence-electron chi connectivity index (χ2n) is 6.90. The van der Waals surface area contributed by atoms with Crippen LogP contribution in [-0.2, 0) is 14.8 Å². The second-order valence-corrected chi connectivity index (χ2v) is 8.84. The van der Waals surface area contributed by atoms with Gasteiger partial charge in [-0.15, -0.1) is 0 Å². The molecule has 7 nitrogen and oxygen atoms in total. The molecule has 32 heavy (non-hydrogen) atoms. The highest BCUT2D eigenvalue weighted by molar-refractivity contribution is 7.89. The molecule has 0 aromatic heterocycles. The van der Waals surface area contributed by atoms with Gasteiger partial charge in [0.1, 0.15) is 5.75 Å². The van der Waals surface area contributed by atoms with Crippen molar-refractivity contribution < 1.29 is 26.7 Å². The van der Waals surface area contributed by atoms with E-state index in [2.05, 4.69) is 10.1 Å². The molecule has 0 fully saturated rings. The second kappa shape index (κ2) is 11.1. The lowest BCUT2D eigenvalue weighted by Gasteiger charge is -2.22. The summed E-state index contributed by atoms with van der Waals surface area (Å²) >= 11 is 0. The molecule has 0 aliphatic carbocycles. The Labute approximate surface area is 187 Å². The summed E-state index contributed by atoms with van der Waals surface area (Å²) in [5, 5.41) is 2.67. The van der Waals surface area contributed by atoms with E-state index in [4.69, 9.17) is 0 Å². The lowest BCUT2D eigenvalue weighted by molar-refractivity contribution is -0.111. The Hall–Kier alpha value is -2.98. The van der Waals surface area contributed by atoms with Crippen LogP contribution in [0.3, 0.4) is 0 Å². The molecule has 2 aromatic carbocycles. The van der Waals surface area contributed by atoms with Crippen LogP contribution in [0.1, 0.15) is 19.4 Å². The van der Waals surface area contributed by atoms with Gasteiger partial charge in [0.15, 0.2) is 0 Å². The van der Waals surface area contributed by atoms with E-state index in [0.717, 1.165) is 0 Å². The summed E-state index contributed by atoms with van der Waals surface area (Å²) in [6.07, 6.45) is 2.51. The monoisotopic (exact) mass is 467 g/mol. The molecule has 1 amide bonds. The number of carbonyl (C=O) groups excluding carboxylic acids is 1. The van der Waals surface area contributed by atoms with Gasteiger partial charge in [0.05, 0.1) is 16.3 Å². The van der Waals surface area contributed by atoms with Crippen molar-refractivity contribution in [3.63, 3.8) is 0 Å². The molecule has 1 N–H and O–H groups in total. The number of hydrogen-bond acceptors (Lipinski definition) is 5. The molecule has 0 saturated heterocycles. The quantitative estimate of drug-likeness (QED) is 0.534. The van der Waals surface area contributed by atoms with E-state index in [-0.39, 0.29) is 10.6 Å². The largest absolute Gasteiger partial charge is 0.434 e. The number of anilines is 2. The molecule has 0 atom stereocenters. The minimum absolute atomic E-state index is 0.0572. The van der Waals surface area contributed by atoms with Gasteiger partial charge in [-0.2, -0.15) is 13.1 Å². The van der Waals surface area contributed by atoms with Crippen LogP contribution in [0.25, 0.3) is 6.08 Å². The molecule has 0 radical (unpaired) electrons. The molecular weight excluding hydrogens is 440 g/mol. The van der Waals surface area contributed by atoms with E-state index in [0.29, 0.717) is 30.0 Å². The minimum atomic E-state index is -3.72. The standard InChI is InChI=1S/C22H27F2N3O4S/c1-5-27(6-2)32(29,30)17-12-13-19(26(3)4)18(15-17)25-21(28)14-11-16-9-7-8-10-20(16)31-22(23)24/h7-15,22H,5-6H2,1-4H3,(H,25,28)/b14-11+. The Morgan fingerprint density at radius 1 is 1.12 bits per heavy atom. The summed E-state index contributed by atoms with van der Waals surface area (Å²) in [5.41, 5.74) is 1.20. The fourth-order valence-corrected chi connectivity index (χ4v) is 4.52. The lowest BCUT2D eigenvalue weighted by atomic mass is 10.2. The van der Waals surface area contributed by atoms with Crippen LogP contribution in [0.5, 0.6) is 5.75 Å². The minimum Gasteiger partial charge on any atom is -0.434 e. The maximum Gasteiger partial charge on any atom is 0.387 e. The van der Waals surface area contributed by atoms with Gasteiger partial charge in [0, 0.05) is 38.8 Å². The molecule has 0 unspecified atom stereocenters. The molecule has 0 bridgehead atoms. The first-order valence-electron chi connectivity index (χ1n) is 9.94. The van der Waals surface area contributed by atoms with Gasteiger partial charge >= 0.3 is 6.61 Å². The maximum atomic E-state index is 12.9. The number of halogens is 2. The number of ether oxygens (including phenoxy) is 1. The Bertz CT molecular complexity index is 1070. The summed E-state index contributed by atoms with van der Waals surface area (Å²) < 4.78 is 56.6. The van der Waals surface area contributed by atoms with Gasteiger partial charge in [-0.3, -0.25) is 4.79 Å². The van der Waals surface area contributed by atoms with Gasteiger partial charge in [0.25, 0.3) is 0 Å². The van der Waals surface area contributed by atoms with Gasteiger partial charge in [-0.05, 0) is 30.3 Å². The highest BCUT2D eigenvalue weighted by Crippen LogP contribution is 2.29. The average Bonchev–Trinajstić information content (AvgIpc) is 2.73. The van der Waals surface area contributed by atoms with E-state index in [1.54, 1.807) is 51.0 Å². The predicted molar refractivity (Wildman–Crippen MR) is 122 cm³/mol. The van der Waals surface area contributed by atoms with Crippen LogP contribution >= 0.6 is 0 Å². The Kier molecular flexibility index (Phi) is 8.73. The Morgan fingerprint density at radius 2 is 1.78 bits per heavy atom. The lowest BCUT2D eigenvalue weighted by Crippen LogP contribution is -2.30. The first kappa shape index (κ1) is 25.3. The molecule has 0 aliphatic heterocycles. The van der Waals surface area contributed by atoms with Crippen LogP contribution in [0.4, 0.5) is 20.2 Å². The SMILES string of the molecule is CCN(CC)S(=O)(=O)c1ccc(N(C)C)c(NC(=O)/C=C/c2ccccc2OC(F)F)c1. The third-order valence-corrected chi connectivity index (χ3v) is 6.65. The van der Waals surface area contributed by atoms with Crippen molar-refractivity contribution in [3.05, 3.63) is 54.1 Å². The van der Waals surface area contributed by atoms with Crippen molar-refractivity contribution in [2.24, 2.45) is 0 Å². The summed E-state index contributed by atoms with van der Waals surface area (Å²) in [6.45, 7) is 1.14. The molecule has 10 heteroatoms. The number of nitrogens with zero attached hydrogens (tertiary/aromatic N) is 2. The van der Waals surface area contributed by atoms with Gasteiger partial charge in [-0.1, -0.05) is 32.0 Å². The number of para-hydroxylation sites is 1. The molecule has 0 heterocycles. The molecule has 174 valence electrons. The fraction of sp³-hybridized carbons (Fsp3) is 0.318. The summed E-state index contributed by atoms with van der Waals surface area (Å²) in [6, 6.07) is 10.6. The van der Waals surface area contributed by atoms with Crippen LogP contribution in [0.15, 0.2) is 53.4 Å². The van der Waals surface area contributed by atoms with E-state index >= 15 is 0 Å². The van der Waals surface area contributed by atoms with Gasteiger partial charge in [0.2, 0.25) is 15.9 Å². The van der Waals surface area contributed by atoms with E-state index < -0.39 is 22.5 Å². The molecule has 0 spiro atoms. The number of rotatable bonds is 10. The van der Waals surface area contributed by atoms with E-state index in [1.165, 1.54) is 40.7 Å². The third kappa shape index (κ3) is 6.27. The van der Waals surface area contributed by atoms with E-state index in [1.807, 2.05) is 0 Å². The van der Waals surface area contributed by atoms with Crippen molar-refractivity contribution in [1.29, 1.82) is 0 Å². The van der Waals surface area contributed by atoms with Crippen molar-refractivity contribution in [2.45, 2.75) is 25.4 Å². The summed E-state index contributed by atoms with van der Waals surface area (Å²) in [5.74, 6) is -0.620. The van der Waals surface area contributed by atoms with Gasteiger partial charge < -0.3 is 15.0 Å². The average molecular weight is 468 g/mol. The Morgan fingerprint density at radius 3 is 2.38 bits per heavy atom. The number of amides is 1. The Balaban J connectivity index is 2.33. The first-order valence-corrected chi connectivity index (χ1v) is 11.4. The third-order valence-electron chi connectivity index (χ3n) is 4.60. The zero-order chi connectivity index (χ0) is 23.9. The molecule has 0 aliphatic rings. The summed E-state index contributed by atoms with van der Waals surface area (Å²) in [7, 11) is -0.194. The topological polar surface area (TPSA) is 79.0 Å². The van der Waals surface area contributed by atoms with Gasteiger partial charge in [-0.25, -0.2) is 8.42 Å². The van der Waals surface area contributed by atoms with Crippen molar-refractivity contribution >= 4 is 33.4 Å². The molecule has 2 aromatic rings.